The molecule has 0 aromatic carbocycles. The van der Waals surface area contributed by atoms with E-state index in [1.807, 2.05) is 6.92 Å². The molecule has 0 aromatic heterocycles. The van der Waals surface area contributed by atoms with Gasteiger partial charge in [0.05, 0.1) is 6.10 Å². The summed E-state index contributed by atoms with van der Waals surface area (Å²) in [5, 5.41) is 9.25. The highest BCUT2D eigenvalue weighted by Crippen LogP contribution is 2.27. The van der Waals surface area contributed by atoms with Gasteiger partial charge in [-0.15, -0.1) is 0 Å². The highest BCUT2D eigenvalue weighted by Gasteiger charge is 2.28. The van der Waals surface area contributed by atoms with Crippen molar-refractivity contribution in [1.29, 1.82) is 0 Å². The van der Waals surface area contributed by atoms with E-state index in [4.69, 9.17) is 0 Å². The van der Waals surface area contributed by atoms with Gasteiger partial charge in [-0.2, -0.15) is 0 Å². The van der Waals surface area contributed by atoms with Crippen LogP contribution in [0.15, 0.2) is 0 Å². The average Bonchev–Trinajstić information content (AvgIpc) is 2.86. The third-order valence-corrected chi connectivity index (χ3v) is 2.89. The van der Waals surface area contributed by atoms with Crippen molar-refractivity contribution in [2.45, 2.75) is 58.6 Å². The second-order valence-corrected chi connectivity index (χ2v) is 5.09. The van der Waals surface area contributed by atoms with Crippen LogP contribution < -0.4 is 0 Å². The van der Waals surface area contributed by atoms with Crippen LogP contribution in [-0.2, 0) is 0 Å². The summed E-state index contributed by atoms with van der Waals surface area (Å²) in [5.74, 6) is 0.794. The predicted molar refractivity (Wildman–Crippen MR) is 60.3 cm³/mol. The summed E-state index contributed by atoms with van der Waals surface area (Å²) in [5.41, 5.74) is 0. The Morgan fingerprint density at radius 3 is 2.14 bits per heavy atom. The Balaban J connectivity index is 2.17. The topological polar surface area (TPSA) is 23.5 Å². The third kappa shape index (κ3) is 4.97. The first-order chi connectivity index (χ1) is 6.59. The van der Waals surface area contributed by atoms with E-state index in [2.05, 4.69) is 18.7 Å². The molecule has 0 spiro atoms. The quantitative estimate of drug-likeness (QED) is 0.680. The van der Waals surface area contributed by atoms with E-state index in [0.717, 1.165) is 24.9 Å². The van der Waals surface area contributed by atoms with Crippen LogP contribution in [0.4, 0.5) is 0 Å². The molecule has 1 rings (SSSR count). The van der Waals surface area contributed by atoms with Crippen molar-refractivity contribution in [1.82, 2.24) is 4.90 Å². The lowest BCUT2D eigenvalue weighted by Gasteiger charge is -2.23. The lowest BCUT2D eigenvalue weighted by Crippen LogP contribution is -2.30. The zero-order valence-corrected chi connectivity index (χ0v) is 9.87. The predicted octanol–water partition coefficient (Wildman–Crippen LogP) is 2.27. The molecule has 1 atom stereocenters. The Morgan fingerprint density at radius 2 is 1.71 bits per heavy atom. The standard InChI is InChI=1S/C12H25NO/c1-10(2)6-8-13(12-4-5-12)9-7-11(3)14/h10-12,14H,4-9H2,1-3H3. The molecular weight excluding hydrogens is 174 g/mol. The van der Waals surface area contributed by atoms with Crippen LogP contribution >= 0.6 is 0 Å². The van der Waals surface area contributed by atoms with Crippen LogP contribution in [-0.4, -0.2) is 35.2 Å². The van der Waals surface area contributed by atoms with Gasteiger partial charge >= 0.3 is 0 Å². The van der Waals surface area contributed by atoms with Crippen LogP contribution in [0, 0.1) is 5.92 Å². The van der Waals surface area contributed by atoms with Crippen LogP contribution in [0.2, 0.25) is 0 Å². The maximum atomic E-state index is 9.25. The number of aliphatic hydroxyl groups is 1. The second kappa shape index (κ2) is 5.72. The molecule has 84 valence electrons. The summed E-state index contributed by atoms with van der Waals surface area (Å²) in [6.45, 7) is 8.73. The molecular formula is C12H25NO. The van der Waals surface area contributed by atoms with E-state index in [1.165, 1.54) is 25.8 Å². The van der Waals surface area contributed by atoms with Crippen LogP contribution in [0.3, 0.4) is 0 Å². The summed E-state index contributed by atoms with van der Waals surface area (Å²) in [7, 11) is 0. The molecule has 0 heterocycles. The van der Waals surface area contributed by atoms with Gasteiger partial charge in [0.25, 0.3) is 0 Å². The Bertz CT molecular complexity index is 140. The molecule has 1 saturated carbocycles. The van der Waals surface area contributed by atoms with Gasteiger partial charge in [0.15, 0.2) is 0 Å². The van der Waals surface area contributed by atoms with Crippen molar-refractivity contribution in [3.05, 3.63) is 0 Å². The Morgan fingerprint density at radius 1 is 1.14 bits per heavy atom. The molecule has 1 fully saturated rings. The number of rotatable bonds is 7. The molecule has 1 N–H and O–H groups in total. The lowest BCUT2D eigenvalue weighted by molar-refractivity contribution is 0.150. The van der Waals surface area contributed by atoms with Crippen molar-refractivity contribution in [3.8, 4) is 0 Å². The van der Waals surface area contributed by atoms with E-state index in [1.54, 1.807) is 0 Å². The van der Waals surface area contributed by atoms with Gasteiger partial charge in [-0.1, -0.05) is 13.8 Å². The van der Waals surface area contributed by atoms with Crippen LogP contribution in [0.1, 0.15) is 46.5 Å². The van der Waals surface area contributed by atoms with Gasteiger partial charge in [-0.25, -0.2) is 0 Å². The van der Waals surface area contributed by atoms with Crippen molar-refractivity contribution in [2.75, 3.05) is 13.1 Å². The van der Waals surface area contributed by atoms with Crippen molar-refractivity contribution < 1.29 is 5.11 Å². The molecule has 0 saturated heterocycles. The van der Waals surface area contributed by atoms with E-state index in [-0.39, 0.29) is 6.10 Å². The number of aliphatic hydroxyl groups excluding tert-OH is 1. The molecule has 0 aromatic rings. The molecule has 2 heteroatoms. The highest BCUT2D eigenvalue weighted by atomic mass is 16.3. The maximum Gasteiger partial charge on any atom is 0.0524 e. The minimum absolute atomic E-state index is 0.143. The number of nitrogens with zero attached hydrogens (tertiary/aromatic N) is 1. The first-order valence-corrected chi connectivity index (χ1v) is 6.01. The first-order valence-electron chi connectivity index (χ1n) is 6.01. The van der Waals surface area contributed by atoms with Gasteiger partial charge in [0.1, 0.15) is 0 Å². The summed E-state index contributed by atoms with van der Waals surface area (Å²) < 4.78 is 0. The Labute approximate surface area is 88.3 Å². The summed E-state index contributed by atoms with van der Waals surface area (Å²) >= 11 is 0. The fourth-order valence-electron chi connectivity index (χ4n) is 1.69. The zero-order valence-electron chi connectivity index (χ0n) is 9.87. The van der Waals surface area contributed by atoms with Crippen molar-refractivity contribution in [2.24, 2.45) is 5.92 Å². The number of hydrogen-bond donors (Lipinski definition) is 1. The molecule has 0 aliphatic heterocycles. The minimum atomic E-state index is -0.143. The maximum absolute atomic E-state index is 9.25. The van der Waals surface area contributed by atoms with Crippen molar-refractivity contribution >= 4 is 0 Å². The first kappa shape index (κ1) is 12.0. The van der Waals surface area contributed by atoms with Crippen molar-refractivity contribution in [3.63, 3.8) is 0 Å². The Hall–Kier alpha value is -0.0800. The average molecular weight is 199 g/mol. The molecule has 1 unspecified atom stereocenters. The van der Waals surface area contributed by atoms with Gasteiger partial charge in [-0.3, -0.25) is 0 Å². The van der Waals surface area contributed by atoms with E-state index in [0.29, 0.717) is 0 Å². The monoisotopic (exact) mass is 199 g/mol. The normalized spacial score (nSPS) is 19.3. The summed E-state index contributed by atoms with van der Waals surface area (Å²) in [6, 6.07) is 0.840. The molecule has 0 amide bonds. The van der Waals surface area contributed by atoms with Crippen LogP contribution in [0.5, 0.6) is 0 Å². The molecule has 1 aliphatic rings. The molecule has 0 radical (unpaired) electrons. The molecule has 2 nitrogen and oxygen atoms in total. The fourth-order valence-corrected chi connectivity index (χ4v) is 1.69. The zero-order chi connectivity index (χ0) is 10.6. The van der Waals surface area contributed by atoms with Gasteiger partial charge < -0.3 is 10.0 Å². The van der Waals surface area contributed by atoms with Gasteiger partial charge in [0, 0.05) is 12.6 Å². The molecule has 1 aliphatic carbocycles. The van der Waals surface area contributed by atoms with E-state index >= 15 is 0 Å². The second-order valence-electron chi connectivity index (χ2n) is 5.09. The molecule has 0 bridgehead atoms. The van der Waals surface area contributed by atoms with E-state index in [9.17, 15) is 5.11 Å². The number of hydrogen-bond acceptors (Lipinski definition) is 2. The highest BCUT2D eigenvalue weighted by molar-refractivity contribution is 4.84. The SMILES string of the molecule is CC(C)CCN(CCC(C)O)C1CC1. The summed E-state index contributed by atoms with van der Waals surface area (Å²) in [4.78, 5) is 2.56. The fraction of sp³-hybridized carbons (Fsp3) is 1.00. The van der Waals surface area contributed by atoms with Crippen LogP contribution in [0.25, 0.3) is 0 Å². The summed E-state index contributed by atoms with van der Waals surface area (Å²) in [6.07, 6.45) is 4.82. The smallest absolute Gasteiger partial charge is 0.0524 e. The molecule has 14 heavy (non-hydrogen) atoms. The lowest BCUT2D eigenvalue weighted by atomic mass is 10.1. The Kier molecular flexibility index (Phi) is 4.90. The third-order valence-electron chi connectivity index (χ3n) is 2.89. The van der Waals surface area contributed by atoms with Gasteiger partial charge in [0.2, 0.25) is 0 Å². The largest absolute Gasteiger partial charge is 0.393 e. The van der Waals surface area contributed by atoms with Gasteiger partial charge in [-0.05, 0) is 45.1 Å². The van der Waals surface area contributed by atoms with E-state index < -0.39 is 0 Å². The minimum Gasteiger partial charge on any atom is -0.393 e.